The maximum Gasteiger partial charge on any atom is 0.407 e. The van der Waals surface area contributed by atoms with Gasteiger partial charge in [0.15, 0.2) is 0 Å². The summed E-state index contributed by atoms with van der Waals surface area (Å²) in [6, 6.07) is 1.80. The Hall–Kier alpha value is -1.12. The Morgan fingerprint density at radius 2 is 1.56 bits per heavy atom. The van der Waals surface area contributed by atoms with Crippen LogP contribution in [0.15, 0.2) is 29.2 Å². The van der Waals surface area contributed by atoms with Crippen molar-refractivity contribution in [3.05, 3.63) is 29.8 Å². The van der Waals surface area contributed by atoms with E-state index in [4.69, 9.17) is 10.9 Å². The topological polar surface area (TPSA) is 86.2 Å². The molecular weight excluding hydrogens is 245 g/mol. The summed E-state index contributed by atoms with van der Waals surface area (Å²) in [5.41, 5.74) is 4.70. The van der Waals surface area contributed by atoms with E-state index < -0.39 is 22.2 Å². The van der Waals surface area contributed by atoms with Gasteiger partial charge in [-0.3, -0.25) is 0 Å². The summed E-state index contributed by atoms with van der Waals surface area (Å²) in [5, 5.41) is 4.79. The van der Waals surface area contributed by atoms with Gasteiger partial charge in [0.25, 0.3) is 0 Å². The van der Waals surface area contributed by atoms with E-state index in [0.717, 1.165) is 24.3 Å². The fourth-order valence-electron chi connectivity index (χ4n) is 1.05. The van der Waals surface area contributed by atoms with Crippen molar-refractivity contribution >= 4 is 10.0 Å². The van der Waals surface area contributed by atoms with Crippen molar-refractivity contribution in [2.24, 2.45) is 10.9 Å². The summed E-state index contributed by atoms with van der Waals surface area (Å²) < 4.78 is 58.3. The van der Waals surface area contributed by atoms with Crippen molar-refractivity contribution in [1.29, 1.82) is 0 Å². The summed E-state index contributed by atoms with van der Waals surface area (Å²) in [6.07, 6.45) is -4.57. The number of hydrogen-bond acceptors (Lipinski definition) is 3. The molecule has 90 valence electrons. The van der Waals surface area contributed by atoms with Gasteiger partial charge in [0.2, 0.25) is 10.0 Å². The van der Waals surface area contributed by atoms with E-state index >= 15 is 0 Å². The number of nitrogens with two attached hydrogens (primary N) is 2. The number of halogens is 3. The van der Waals surface area contributed by atoms with Crippen LogP contribution in [0.2, 0.25) is 0 Å². The molecule has 0 amide bonds. The van der Waals surface area contributed by atoms with Crippen molar-refractivity contribution in [2.75, 3.05) is 0 Å². The van der Waals surface area contributed by atoms with Crippen LogP contribution in [0.3, 0.4) is 0 Å². The molecule has 0 radical (unpaired) electrons. The predicted molar refractivity (Wildman–Crippen MR) is 50.8 cm³/mol. The third kappa shape index (κ3) is 2.94. The van der Waals surface area contributed by atoms with Crippen molar-refractivity contribution in [3.8, 4) is 0 Å². The summed E-state index contributed by atoms with van der Waals surface area (Å²) in [7, 11) is -3.90. The van der Waals surface area contributed by atoms with E-state index in [1.807, 2.05) is 0 Å². The Balaban J connectivity index is 3.05. The third-order valence-corrected chi connectivity index (χ3v) is 2.85. The lowest BCUT2D eigenvalue weighted by atomic mass is 10.1. The van der Waals surface area contributed by atoms with Crippen LogP contribution >= 0.6 is 0 Å². The minimum Gasteiger partial charge on any atom is -0.316 e. The maximum absolute atomic E-state index is 12.2. The quantitative estimate of drug-likeness (QED) is 0.822. The molecule has 0 spiro atoms. The van der Waals surface area contributed by atoms with Crippen molar-refractivity contribution < 1.29 is 21.6 Å². The average Bonchev–Trinajstić information content (AvgIpc) is 2.14. The van der Waals surface area contributed by atoms with Crippen molar-refractivity contribution in [2.45, 2.75) is 17.1 Å². The van der Waals surface area contributed by atoms with Gasteiger partial charge in [-0.05, 0) is 17.7 Å². The summed E-state index contributed by atoms with van der Waals surface area (Å²) in [6.45, 7) is 0. The first-order chi connectivity index (χ1) is 7.12. The lowest BCUT2D eigenvalue weighted by Gasteiger charge is -2.15. The molecule has 1 atom stereocenters. The highest BCUT2D eigenvalue weighted by Gasteiger charge is 2.37. The zero-order valence-corrected chi connectivity index (χ0v) is 8.72. The van der Waals surface area contributed by atoms with Gasteiger partial charge in [-0.1, -0.05) is 12.1 Å². The van der Waals surface area contributed by atoms with Crippen LogP contribution in [0.25, 0.3) is 0 Å². The minimum absolute atomic E-state index is 0.222. The average molecular weight is 254 g/mol. The summed E-state index contributed by atoms with van der Waals surface area (Å²) in [5.74, 6) is 0. The normalized spacial score (nSPS) is 14.8. The van der Waals surface area contributed by atoms with Crippen LogP contribution in [0.5, 0.6) is 0 Å². The lowest BCUT2D eigenvalue weighted by molar-refractivity contribution is -0.149. The van der Waals surface area contributed by atoms with E-state index in [1.54, 1.807) is 0 Å². The van der Waals surface area contributed by atoms with Gasteiger partial charge in [0.1, 0.15) is 6.04 Å². The Morgan fingerprint density at radius 3 is 1.88 bits per heavy atom. The molecule has 1 aromatic rings. The molecule has 0 aromatic heterocycles. The first-order valence-corrected chi connectivity index (χ1v) is 5.62. The monoisotopic (exact) mass is 254 g/mol. The maximum atomic E-state index is 12.2. The molecule has 0 aliphatic carbocycles. The molecular formula is C8H9F3N2O2S. The van der Waals surface area contributed by atoms with Crippen LogP contribution in [-0.4, -0.2) is 14.6 Å². The van der Waals surface area contributed by atoms with Gasteiger partial charge >= 0.3 is 6.18 Å². The molecule has 1 aromatic carbocycles. The molecule has 1 rings (SSSR count). The number of sulfonamides is 1. The van der Waals surface area contributed by atoms with Crippen LogP contribution < -0.4 is 10.9 Å². The molecule has 0 unspecified atom stereocenters. The molecule has 0 fully saturated rings. The number of rotatable bonds is 2. The molecule has 4 nitrogen and oxygen atoms in total. The number of hydrogen-bond donors (Lipinski definition) is 2. The van der Waals surface area contributed by atoms with Gasteiger partial charge in [-0.2, -0.15) is 13.2 Å². The Kier molecular flexibility index (Phi) is 3.27. The Labute approximate surface area is 90.1 Å². The molecule has 0 bridgehead atoms. The minimum atomic E-state index is -4.57. The van der Waals surface area contributed by atoms with E-state index in [2.05, 4.69) is 0 Å². The first kappa shape index (κ1) is 12.9. The van der Waals surface area contributed by atoms with Crippen LogP contribution in [0, 0.1) is 0 Å². The van der Waals surface area contributed by atoms with Crippen molar-refractivity contribution in [1.82, 2.24) is 0 Å². The van der Waals surface area contributed by atoms with Gasteiger partial charge in [0, 0.05) is 0 Å². The van der Waals surface area contributed by atoms with Gasteiger partial charge in [-0.15, -0.1) is 0 Å². The molecule has 0 saturated carbocycles. The second-order valence-corrected chi connectivity index (χ2v) is 4.69. The number of alkyl halides is 3. The standard InChI is InChI=1S/C8H9F3N2O2S/c9-8(10,11)7(12)5-1-3-6(4-2-5)16(13,14)15/h1-4,7H,12H2,(H2,13,14,15)/t7-/m1/s1. The molecule has 16 heavy (non-hydrogen) atoms. The zero-order chi connectivity index (χ0) is 12.6. The van der Waals surface area contributed by atoms with E-state index in [-0.39, 0.29) is 10.5 Å². The first-order valence-electron chi connectivity index (χ1n) is 4.07. The Bertz CT molecular complexity index is 467. The molecule has 0 aliphatic heterocycles. The highest BCUT2D eigenvalue weighted by atomic mass is 32.2. The summed E-state index contributed by atoms with van der Waals surface area (Å²) in [4.78, 5) is -0.259. The van der Waals surface area contributed by atoms with E-state index in [0.29, 0.717) is 0 Å². The van der Waals surface area contributed by atoms with Crippen LogP contribution in [0.1, 0.15) is 11.6 Å². The molecule has 0 aliphatic rings. The van der Waals surface area contributed by atoms with E-state index in [9.17, 15) is 21.6 Å². The zero-order valence-electron chi connectivity index (χ0n) is 7.90. The molecule has 4 N–H and O–H groups in total. The van der Waals surface area contributed by atoms with Gasteiger partial charge < -0.3 is 5.73 Å². The van der Waals surface area contributed by atoms with Gasteiger partial charge in [0.05, 0.1) is 4.90 Å². The smallest absolute Gasteiger partial charge is 0.316 e. The largest absolute Gasteiger partial charge is 0.407 e. The lowest BCUT2D eigenvalue weighted by Crippen LogP contribution is -2.28. The molecule has 0 saturated heterocycles. The SMILES string of the molecule is N[C@H](c1ccc(S(N)(=O)=O)cc1)C(F)(F)F. The fraction of sp³-hybridized carbons (Fsp3) is 0.250. The van der Waals surface area contributed by atoms with Crippen LogP contribution in [-0.2, 0) is 10.0 Å². The highest BCUT2D eigenvalue weighted by Crippen LogP contribution is 2.30. The summed E-state index contributed by atoms with van der Waals surface area (Å²) >= 11 is 0. The van der Waals surface area contributed by atoms with E-state index in [1.165, 1.54) is 0 Å². The highest BCUT2D eigenvalue weighted by molar-refractivity contribution is 7.89. The van der Waals surface area contributed by atoms with Crippen LogP contribution in [0.4, 0.5) is 13.2 Å². The number of benzene rings is 1. The second-order valence-electron chi connectivity index (χ2n) is 3.13. The molecule has 0 heterocycles. The van der Waals surface area contributed by atoms with Gasteiger partial charge in [-0.25, -0.2) is 13.6 Å². The molecule has 8 heteroatoms. The second kappa shape index (κ2) is 4.04. The third-order valence-electron chi connectivity index (χ3n) is 1.92. The van der Waals surface area contributed by atoms with Crippen molar-refractivity contribution in [3.63, 3.8) is 0 Å². The Morgan fingerprint density at radius 1 is 1.12 bits per heavy atom. The fourth-order valence-corrected chi connectivity index (χ4v) is 1.57. The number of primary sulfonamides is 1. The predicted octanol–water partition coefficient (Wildman–Crippen LogP) is 0.896.